The van der Waals surface area contributed by atoms with E-state index in [1.807, 2.05) is 0 Å². The summed E-state index contributed by atoms with van der Waals surface area (Å²) in [5.74, 6) is 0. The highest BCUT2D eigenvalue weighted by atomic mass is 15.1. The first-order valence-electron chi connectivity index (χ1n) is 7.54. The van der Waals surface area contributed by atoms with Gasteiger partial charge in [0.25, 0.3) is 0 Å². The first-order valence-corrected chi connectivity index (χ1v) is 7.54. The van der Waals surface area contributed by atoms with Gasteiger partial charge < -0.3 is 10.6 Å². The van der Waals surface area contributed by atoms with Crippen LogP contribution in [0.1, 0.15) is 38.3 Å². The highest BCUT2D eigenvalue weighted by molar-refractivity contribution is 5.34. The van der Waals surface area contributed by atoms with Crippen LogP contribution in [0.5, 0.6) is 0 Å². The molecule has 2 N–H and O–H groups in total. The molecule has 1 aromatic rings. The van der Waals surface area contributed by atoms with Crippen molar-refractivity contribution in [2.75, 3.05) is 13.1 Å². The second-order valence-corrected chi connectivity index (χ2v) is 7.30. The van der Waals surface area contributed by atoms with E-state index in [0.29, 0.717) is 11.5 Å². The van der Waals surface area contributed by atoms with Crippen LogP contribution in [-0.4, -0.2) is 24.7 Å². The van der Waals surface area contributed by atoms with Crippen molar-refractivity contribution in [3.63, 3.8) is 0 Å². The van der Waals surface area contributed by atoms with Crippen LogP contribution >= 0.6 is 0 Å². The number of benzene rings is 1. The van der Waals surface area contributed by atoms with Crippen LogP contribution in [0.4, 0.5) is 0 Å². The lowest BCUT2D eigenvalue weighted by Gasteiger charge is -2.32. The third-order valence-corrected chi connectivity index (χ3v) is 5.01. The molecule has 104 valence electrons. The number of fused-ring (bicyclic) bond motifs is 1. The lowest BCUT2D eigenvalue weighted by atomic mass is 9.86. The Morgan fingerprint density at radius 3 is 2.32 bits per heavy atom. The Labute approximate surface area is 117 Å². The normalized spacial score (nSPS) is 27.4. The molecule has 1 aromatic carbocycles. The van der Waals surface area contributed by atoms with E-state index < -0.39 is 0 Å². The number of rotatable bonds is 3. The largest absolute Gasteiger partial charge is 0.312 e. The molecule has 1 aliphatic heterocycles. The summed E-state index contributed by atoms with van der Waals surface area (Å²) >= 11 is 0. The fourth-order valence-corrected chi connectivity index (χ4v) is 3.76. The summed E-state index contributed by atoms with van der Waals surface area (Å²) in [6.07, 6.45) is 3.68. The van der Waals surface area contributed by atoms with Gasteiger partial charge in [-0.15, -0.1) is 0 Å². The van der Waals surface area contributed by atoms with Crippen molar-refractivity contribution in [3.8, 4) is 0 Å². The molecule has 0 amide bonds. The van der Waals surface area contributed by atoms with Gasteiger partial charge in [-0.1, -0.05) is 31.2 Å². The molecule has 0 aromatic heterocycles. The van der Waals surface area contributed by atoms with Gasteiger partial charge >= 0.3 is 0 Å². The van der Waals surface area contributed by atoms with Crippen molar-refractivity contribution < 1.29 is 0 Å². The molecular formula is C17H26N2. The van der Waals surface area contributed by atoms with Crippen LogP contribution in [0.3, 0.4) is 0 Å². The molecular weight excluding hydrogens is 232 g/mol. The van der Waals surface area contributed by atoms with Gasteiger partial charge in [-0.2, -0.15) is 0 Å². The summed E-state index contributed by atoms with van der Waals surface area (Å²) in [5.41, 5.74) is 3.73. The molecule has 1 saturated heterocycles. The zero-order valence-corrected chi connectivity index (χ0v) is 12.4. The first-order chi connectivity index (χ1) is 8.99. The number of nitrogens with one attached hydrogen (secondary N) is 2. The molecule has 2 heteroatoms. The maximum atomic E-state index is 3.83. The minimum absolute atomic E-state index is 0.238. The molecule has 0 spiro atoms. The Balaban J connectivity index is 1.63. The molecule has 3 rings (SSSR count). The molecule has 2 nitrogen and oxygen atoms in total. The van der Waals surface area contributed by atoms with Gasteiger partial charge in [-0.3, -0.25) is 0 Å². The first kappa shape index (κ1) is 13.1. The van der Waals surface area contributed by atoms with E-state index in [-0.39, 0.29) is 5.54 Å². The molecule has 1 aliphatic carbocycles. The zero-order chi connectivity index (χ0) is 13.5. The Morgan fingerprint density at radius 2 is 1.79 bits per heavy atom. The van der Waals surface area contributed by atoms with Gasteiger partial charge in [0.1, 0.15) is 0 Å². The molecule has 2 aliphatic rings. The lowest BCUT2D eigenvalue weighted by molar-refractivity contribution is 0.270. The molecule has 0 saturated carbocycles. The molecule has 1 heterocycles. The van der Waals surface area contributed by atoms with Crippen molar-refractivity contribution in [2.45, 2.75) is 51.6 Å². The van der Waals surface area contributed by atoms with E-state index in [9.17, 15) is 0 Å². The predicted octanol–water partition coefficient (Wildman–Crippen LogP) is 2.52. The van der Waals surface area contributed by atoms with Gasteiger partial charge in [-0.05, 0) is 56.2 Å². The third-order valence-electron chi connectivity index (χ3n) is 5.01. The van der Waals surface area contributed by atoms with Gasteiger partial charge in [0.2, 0.25) is 0 Å². The van der Waals surface area contributed by atoms with Gasteiger partial charge in [-0.25, -0.2) is 0 Å². The van der Waals surface area contributed by atoms with E-state index in [1.165, 1.54) is 19.3 Å². The lowest BCUT2D eigenvalue weighted by Crippen LogP contribution is -2.51. The third kappa shape index (κ3) is 2.56. The topological polar surface area (TPSA) is 24.1 Å². The summed E-state index contributed by atoms with van der Waals surface area (Å²) < 4.78 is 0. The Morgan fingerprint density at radius 1 is 1.16 bits per heavy atom. The highest BCUT2D eigenvalue weighted by Gasteiger charge is 2.37. The van der Waals surface area contributed by atoms with Crippen LogP contribution in [0, 0.1) is 5.41 Å². The molecule has 0 radical (unpaired) electrons. The highest BCUT2D eigenvalue weighted by Crippen LogP contribution is 2.36. The summed E-state index contributed by atoms with van der Waals surface area (Å²) in [7, 11) is 0. The summed E-state index contributed by atoms with van der Waals surface area (Å²) in [6, 6.07) is 9.53. The average molecular weight is 258 g/mol. The van der Waals surface area contributed by atoms with Crippen LogP contribution in [0.15, 0.2) is 24.3 Å². The van der Waals surface area contributed by atoms with Crippen LogP contribution in [0.25, 0.3) is 0 Å². The Bertz CT molecular complexity index is 439. The molecule has 1 unspecified atom stereocenters. The Kier molecular flexibility index (Phi) is 3.18. The number of hydrogen-bond acceptors (Lipinski definition) is 2. The second kappa shape index (κ2) is 4.60. The van der Waals surface area contributed by atoms with Crippen molar-refractivity contribution in [1.29, 1.82) is 0 Å². The maximum absolute atomic E-state index is 3.83. The predicted molar refractivity (Wildman–Crippen MR) is 80.4 cm³/mol. The van der Waals surface area contributed by atoms with Crippen molar-refractivity contribution in [1.82, 2.24) is 10.6 Å². The van der Waals surface area contributed by atoms with Crippen LogP contribution in [0.2, 0.25) is 0 Å². The summed E-state index contributed by atoms with van der Waals surface area (Å²) in [6.45, 7) is 9.31. The summed E-state index contributed by atoms with van der Waals surface area (Å²) in [5, 5.41) is 7.42. The fraction of sp³-hybridized carbons (Fsp3) is 0.647. The molecule has 1 atom stereocenters. The summed E-state index contributed by atoms with van der Waals surface area (Å²) in [4.78, 5) is 0. The van der Waals surface area contributed by atoms with Gasteiger partial charge in [0, 0.05) is 18.1 Å². The van der Waals surface area contributed by atoms with E-state index in [1.54, 1.807) is 11.1 Å². The molecule has 0 bridgehead atoms. The van der Waals surface area contributed by atoms with Crippen LogP contribution < -0.4 is 10.6 Å². The van der Waals surface area contributed by atoms with E-state index in [4.69, 9.17) is 0 Å². The molecule has 1 fully saturated rings. The number of hydrogen-bond donors (Lipinski definition) is 2. The SMILES string of the molecule is CC1(CNC2CCNC2(C)C)Cc2ccccc2C1. The smallest absolute Gasteiger partial charge is 0.0278 e. The van der Waals surface area contributed by atoms with Crippen molar-refractivity contribution in [3.05, 3.63) is 35.4 Å². The van der Waals surface area contributed by atoms with Crippen molar-refractivity contribution in [2.24, 2.45) is 5.41 Å². The standard InChI is InChI=1S/C17H26N2/c1-16(2)15(8-9-19-16)18-12-17(3)10-13-6-4-5-7-14(13)11-17/h4-7,15,18-19H,8-12H2,1-3H3. The average Bonchev–Trinajstić information content (AvgIpc) is 2.85. The second-order valence-electron chi connectivity index (χ2n) is 7.30. The van der Waals surface area contributed by atoms with Gasteiger partial charge in [0.05, 0.1) is 0 Å². The quantitative estimate of drug-likeness (QED) is 0.870. The van der Waals surface area contributed by atoms with Crippen molar-refractivity contribution >= 4 is 0 Å². The fourth-order valence-electron chi connectivity index (χ4n) is 3.76. The van der Waals surface area contributed by atoms with Gasteiger partial charge in [0.15, 0.2) is 0 Å². The monoisotopic (exact) mass is 258 g/mol. The minimum Gasteiger partial charge on any atom is -0.312 e. The van der Waals surface area contributed by atoms with E-state index in [0.717, 1.165) is 13.1 Å². The molecule has 19 heavy (non-hydrogen) atoms. The van der Waals surface area contributed by atoms with Crippen LogP contribution in [-0.2, 0) is 12.8 Å². The van der Waals surface area contributed by atoms with E-state index >= 15 is 0 Å². The maximum Gasteiger partial charge on any atom is 0.0278 e. The Hall–Kier alpha value is -0.860. The zero-order valence-electron chi connectivity index (χ0n) is 12.4. The van der Waals surface area contributed by atoms with E-state index in [2.05, 4.69) is 55.7 Å². The minimum atomic E-state index is 0.238.